The van der Waals surface area contributed by atoms with Crippen molar-refractivity contribution in [1.29, 1.82) is 0 Å². The normalized spacial score (nSPS) is 46.3. The quantitative estimate of drug-likeness (QED) is 0.00907. The van der Waals surface area contributed by atoms with E-state index in [1.54, 1.807) is 27.7 Å². The van der Waals surface area contributed by atoms with Gasteiger partial charge in [0.05, 0.1) is 101 Å². The van der Waals surface area contributed by atoms with Gasteiger partial charge in [-0.2, -0.15) is 0 Å². The molecule has 47 nitrogen and oxygen atoms in total. The minimum absolute atomic E-state index is 0.00251. The smallest absolute Gasteiger partial charge is 0.335 e. The minimum Gasteiger partial charge on any atom is -0.506 e. The molecule has 0 spiro atoms. The van der Waals surface area contributed by atoms with Crippen molar-refractivity contribution >= 4 is 30.2 Å². The van der Waals surface area contributed by atoms with Gasteiger partial charge in [-0.1, -0.05) is 93.7 Å². The number of carbonyl (C=O) groups excluding carboxylic acids is 4. The third kappa shape index (κ3) is 22.6. The predicted molar refractivity (Wildman–Crippen MR) is 480 cm³/mol. The molecule has 4 saturated carbocycles. The number of carboxylic acids is 1. The van der Waals surface area contributed by atoms with Crippen LogP contribution in [-0.2, 0) is 104 Å². The molecule has 0 aromatic rings. The van der Waals surface area contributed by atoms with E-state index in [0.29, 0.717) is 32.1 Å². The number of hydrogen-bond acceptors (Lipinski definition) is 46. The summed E-state index contributed by atoms with van der Waals surface area (Å²) in [5.41, 5.74) is -10.5. The number of aliphatic hydroxyl groups is 24. The Morgan fingerprint density at radius 1 is 0.580 bits per heavy atom. The molecule has 25 N–H and O–H groups in total. The third-order valence-electron chi connectivity index (χ3n) is 34.1. The number of fused-ring (bicyclic) bond motifs is 7. The van der Waals surface area contributed by atoms with Crippen LogP contribution in [0.25, 0.3) is 0 Å². The first-order valence-corrected chi connectivity index (χ1v) is 49.8. The van der Waals surface area contributed by atoms with Gasteiger partial charge < -0.3 is 213 Å². The lowest BCUT2D eigenvalue weighted by atomic mass is 9.33. The summed E-state index contributed by atoms with van der Waals surface area (Å²) in [4.78, 5) is 72.6. The van der Waals surface area contributed by atoms with Crippen LogP contribution < -0.4 is 0 Å². The highest BCUT2D eigenvalue weighted by Crippen LogP contribution is 2.76. The zero-order chi connectivity index (χ0) is 106. The highest BCUT2D eigenvalue weighted by atomic mass is 16.8. The van der Waals surface area contributed by atoms with E-state index >= 15 is 4.79 Å². The van der Waals surface area contributed by atoms with Gasteiger partial charge in [0.15, 0.2) is 61.5 Å². The second-order valence-electron chi connectivity index (χ2n) is 44.2. The van der Waals surface area contributed by atoms with Crippen LogP contribution in [0.1, 0.15) is 200 Å². The molecule has 0 bridgehead atoms. The Hall–Kier alpha value is -4.65. The fourth-order valence-electron chi connectivity index (χ4n) is 24.5. The van der Waals surface area contributed by atoms with Gasteiger partial charge in [0, 0.05) is 19.8 Å². The number of aliphatic carboxylic acids is 1. The molecule has 822 valence electrons. The van der Waals surface area contributed by atoms with Crippen LogP contribution in [0.5, 0.6) is 0 Å². The van der Waals surface area contributed by atoms with Gasteiger partial charge in [-0.15, -0.1) is 0 Å². The summed E-state index contributed by atoms with van der Waals surface area (Å²) < 4.78 is 104. The first-order valence-electron chi connectivity index (χ1n) is 49.8. The van der Waals surface area contributed by atoms with E-state index in [0.717, 1.165) is 18.8 Å². The molecule has 24 unspecified atom stereocenters. The molecule has 12 aliphatic rings. The maximum atomic E-state index is 16.6. The molecule has 0 amide bonds. The number of allylic oxidation sites excluding steroid dienone is 2. The van der Waals surface area contributed by atoms with Crippen LogP contribution in [0.15, 0.2) is 23.2 Å². The van der Waals surface area contributed by atoms with Crippen molar-refractivity contribution in [1.82, 2.24) is 0 Å². The van der Waals surface area contributed by atoms with Gasteiger partial charge >= 0.3 is 23.9 Å². The molecule has 7 aliphatic heterocycles. The number of aliphatic hydroxyl groups excluding tert-OH is 22. The Morgan fingerprint density at radius 2 is 1.18 bits per heavy atom. The first-order chi connectivity index (χ1) is 66.8. The SMILES string of the molecule is CC[C@H](C)[C@H](C[C@H](O)CC(=O)OC1=C(O)C(OC2OC(C)[C@H](O[C@H]3OCC(O)[C@H](O[C@@H]4OCC(O)(CO)C4O)C3O)C(O)C2O)C(C)(OC(=O)[C@]23CCC(C)(C)CC2C2=CCC4[C@@]5(C)CC[C@H](O[C@@H]6OC(C(=O)O)[C@H](O)C(O[C@@H]7OC(CO)[C@@H](O)[C@@](C)(O)C7O)C6O[C@@H]6OC(CO)[C@H](O)C(O)C6O)[C@@](C)(C=O)C5CC[C@@]4(C)[C@]2(C)C[C@H]3O)OC1C)OC(=O)C[C@@H](O)C[C@H](O[C@H](C)C(O)C(O)[C@@H](O)CO)[C@@H](C)CC. The summed E-state index contributed by atoms with van der Waals surface area (Å²) in [5, 5.41) is 279. The largest absolute Gasteiger partial charge is 0.506 e. The van der Waals surface area contributed by atoms with Crippen LogP contribution in [0.3, 0.4) is 0 Å². The highest BCUT2D eigenvalue weighted by Gasteiger charge is 2.74. The van der Waals surface area contributed by atoms with Gasteiger partial charge in [0.2, 0.25) is 5.79 Å². The predicted octanol–water partition coefficient (Wildman–Crippen LogP) is -4.48. The minimum atomic E-state index is -2.65. The fraction of sp³-hybridized carbons (Fsp3) is 0.906. The van der Waals surface area contributed by atoms with E-state index in [-0.39, 0.29) is 56.8 Å². The molecule has 143 heavy (non-hydrogen) atoms. The van der Waals surface area contributed by atoms with Gasteiger partial charge in [-0.3, -0.25) is 14.4 Å². The average Bonchev–Trinajstić information content (AvgIpc) is 0.783. The lowest BCUT2D eigenvalue weighted by Gasteiger charge is -2.71. The summed E-state index contributed by atoms with van der Waals surface area (Å²) in [5.74, 6) is -12.0. The Bertz CT molecular complexity index is 4340. The standard InChI is InChI=1S/C96H156O47/c1-16-39(3)50(129-41(5)60(109)61(110)48(104)32-97)26-44(102)28-58(107)131-51(40(4)17-2)27-45(103)29-59(108)135-71-43(7)142-94(15,79(68(71)117)141-82-66(115)64(113)70(42(6)130-82)136-81-69(118)72(49(105)35-127-81)137-85-78(121)95(126,37-101)38-128-85)143-87(124)96-25-24-88(8,9)30-47(96)46-18-19-55-89(10)22-21-57(90(11,36-100)54(89)20-23-91(55,12)92(46,13)31-56(96)106)134-84-75(140-83-65(114)63(112)62(111)52(33-98)132-83)73(67(116)74(139-84)80(122)123)138-86-77(120)93(14,125)76(119)53(34-99)133-86/h18,36,39-45,47-57,60-67,69-70,72-79,81-86,97-99,101-106,109-121,125-126H,16-17,19-35,37-38H2,1-15H3,(H,122,123)/t39-,40-,41+,42?,43?,44-,45-,47?,48-,49?,50-,51-,52?,53?,54?,55?,56+,57-,60?,61?,62-,63?,64?,65?,66?,67+,69?,70-,72-,73?,74?,75?,76+,77?,78?,79?,81+,82?,83-,84+,85-,86-,89-,90-,91+,92+,93+,94?,95?,96+/m0/s1. The lowest BCUT2D eigenvalue weighted by Crippen LogP contribution is -2.70. The van der Waals surface area contributed by atoms with E-state index in [1.807, 2.05) is 27.7 Å². The summed E-state index contributed by atoms with van der Waals surface area (Å²) in [6.07, 6.45) is -63.7. The lowest BCUT2D eigenvalue weighted by molar-refractivity contribution is -0.400. The van der Waals surface area contributed by atoms with Crippen molar-refractivity contribution in [2.45, 2.75) is 444 Å². The Balaban J connectivity index is 0.817. The molecule has 7 heterocycles. The summed E-state index contributed by atoms with van der Waals surface area (Å²) in [7, 11) is 0. The number of hydrogen-bond donors (Lipinski definition) is 25. The molecule has 47 heteroatoms. The van der Waals surface area contributed by atoms with E-state index < -0.39 is 388 Å². The number of aldehydes is 1. The zero-order valence-electron chi connectivity index (χ0n) is 83.4. The van der Waals surface area contributed by atoms with Crippen molar-refractivity contribution in [3.8, 4) is 0 Å². The van der Waals surface area contributed by atoms with E-state index in [2.05, 4.69) is 19.9 Å². The van der Waals surface area contributed by atoms with Crippen LogP contribution in [0.4, 0.5) is 0 Å². The van der Waals surface area contributed by atoms with Crippen molar-refractivity contribution in [2.75, 3.05) is 39.6 Å². The number of esters is 3. The summed E-state index contributed by atoms with van der Waals surface area (Å²) >= 11 is 0. The van der Waals surface area contributed by atoms with Gasteiger partial charge in [-0.05, 0) is 137 Å². The molecule has 10 fully saturated rings. The van der Waals surface area contributed by atoms with Crippen LogP contribution in [-0.4, -0.2) is 441 Å². The van der Waals surface area contributed by atoms with Gasteiger partial charge in [0.25, 0.3) is 0 Å². The van der Waals surface area contributed by atoms with Crippen molar-refractivity contribution in [2.24, 2.45) is 62.1 Å². The second-order valence-corrected chi connectivity index (χ2v) is 44.2. The number of ether oxygens (including phenoxy) is 17. The molecular weight excluding hydrogens is 1910 g/mol. The van der Waals surface area contributed by atoms with Gasteiger partial charge in [0.1, 0.15) is 157 Å². The molecular formula is C96H156O47. The van der Waals surface area contributed by atoms with Crippen molar-refractivity contribution in [3.05, 3.63) is 23.2 Å². The number of rotatable bonds is 39. The van der Waals surface area contributed by atoms with E-state index in [9.17, 15) is 147 Å². The maximum absolute atomic E-state index is 16.6. The Kier molecular flexibility index (Phi) is 37.4. The highest BCUT2D eigenvalue weighted by molar-refractivity contribution is 5.80. The average molecular weight is 2060 g/mol. The first kappa shape index (κ1) is 117. The van der Waals surface area contributed by atoms with E-state index in [1.165, 1.54) is 27.7 Å². The van der Waals surface area contributed by atoms with Crippen molar-refractivity contribution in [3.63, 3.8) is 0 Å². The monoisotopic (exact) mass is 2060 g/mol. The number of carboxylic acid groups (broad SMARTS) is 1. The van der Waals surface area contributed by atoms with Crippen LogP contribution in [0.2, 0.25) is 0 Å². The van der Waals surface area contributed by atoms with Crippen LogP contribution >= 0.6 is 0 Å². The number of carbonyl (C=O) groups is 5. The molecule has 0 radical (unpaired) electrons. The third-order valence-corrected chi connectivity index (χ3v) is 34.1. The molecule has 50 atom stereocenters. The van der Waals surface area contributed by atoms with Crippen LogP contribution in [0, 0.1) is 62.1 Å². The second kappa shape index (κ2) is 45.7. The van der Waals surface area contributed by atoms with Gasteiger partial charge in [-0.25, -0.2) is 4.79 Å². The zero-order valence-corrected chi connectivity index (χ0v) is 83.4. The molecule has 12 rings (SSSR count). The fourth-order valence-corrected chi connectivity index (χ4v) is 24.5. The summed E-state index contributed by atoms with van der Waals surface area (Å²) in [6, 6.07) is 0. The topological polar surface area (TPSA) is 748 Å². The maximum Gasteiger partial charge on any atom is 0.335 e. The Morgan fingerprint density at radius 3 is 1.80 bits per heavy atom. The van der Waals surface area contributed by atoms with Crippen molar-refractivity contribution < 1.29 is 232 Å². The molecule has 5 aliphatic carbocycles. The van der Waals surface area contributed by atoms with E-state index in [4.69, 9.17) is 80.5 Å². The molecule has 0 aromatic heterocycles. The summed E-state index contributed by atoms with van der Waals surface area (Å²) in [6.45, 7) is 20.3. The Labute approximate surface area is 828 Å². The molecule has 0 aromatic carbocycles. The molecule has 6 saturated heterocycles.